The van der Waals surface area contributed by atoms with E-state index < -0.39 is 5.41 Å². The van der Waals surface area contributed by atoms with Crippen LogP contribution in [0.5, 0.6) is 0 Å². The maximum absolute atomic E-state index is 5.32. The lowest BCUT2D eigenvalue weighted by atomic mass is 9.63. The molecule has 0 N–H and O–H groups in total. The van der Waals surface area contributed by atoms with Gasteiger partial charge in [-0.3, -0.25) is 0 Å². The van der Waals surface area contributed by atoms with E-state index in [1.807, 2.05) is 18.2 Å². The van der Waals surface area contributed by atoms with Crippen molar-refractivity contribution in [3.63, 3.8) is 0 Å². The van der Waals surface area contributed by atoms with Crippen LogP contribution in [0.2, 0.25) is 0 Å². The molecule has 4 heteroatoms. The van der Waals surface area contributed by atoms with Gasteiger partial charge in [0.15, 0.2) is 17.5 Å². The molecule has 2 aromatic heterocycles. The van der Waals surface area contributed by atoms with Gasteiger partial charge in [-0.2, -0.15) is 0 Å². The number of nitrogens with zero attached hydrogens (tertiary/aromatic N) is 4. The van der Waals surface area contributed by atoms with Crippen LogP contribution in [-0.4, -0.2) is 19.5 Å². The van der Waals surface area contributed by atoms with E-state index in [0.29, 0.717) is 17.5 Å². The van der Waals surface area contributed by atoms with Gasteiger partial charge in [-0.1, -0.05) is 161 Å². The largest absolute Gasteiger partial charge is 0.309 e. The van der Waals surface area contributed by atoms with E-state index in [1.165, 1.54) is 90.3 Å². The van der Waals surface area contributed by atoms with Gasteiger partial charge < -0.3 is 4.57 Å². The molecule has 0 amide bonds. The Morgan fingerprint density at radius 1 is 0.359 bits per heavy atom. The first kappa shape index (κ1) is 37.2. The lowest BCUT2D eigenvalue weighted by Gasteiger charge is -2.42. The number of rotatable bonds is 4. The summed E-state index contributed by atoms with van der Waals surface area (Å²) in [5.41, 5.74) is 19.4. The molecule has 13 rings (SSSR count). The van der Waals surface area contributed by atoms with E-state index in [2.05, 4.69) is 196 Å². The minimum atomic E-state index is -0.457. The highest BCUT2D eigenvalue weighted by Crippen LogP contribution is 2.63. The van der Waals surface area contributed by atoms with Gasteiger partial charge in [-0.15, -0.1) is 0 Å². The number of hydrogen-bond donors (Lipinski definition) is 0. The molecule has 0 radical (unpaired) electrons. The molecule has 306 valence electrons. The summed E-state index contributed by atoms with van der Waals surface area (Å²) >= 11 is 0. The van der Waals surface area contributed by atoms with Crippen molar-refractivity contribution in [2.45, 2.75) is 56.8 Å². The van der Waals surface area contributed by atoms with E-state index in [0.717, 1.165) is 22.4 Å². The second-order valence-electron chi connectivity index (χ2n) is 19.4. The molecule has 0 atom stereocenters. The van der Waals surface area contributed by atoms with E-state index in [-0.39, 0.29) is 10.8 Å². The van der Waals surface area contributed by atoms with Crippen LogP contribution in [0.1, 0.15) is 73.9 Å². The molecular formula is C60H46N4. The summed E-state index contributed by atoms with van der Waals surface area (Å²) < 4.78 is 2.44. The van der Waals surface area contributed by atoms with Crippen molar-refractivity contribution >= 4 is 21.8 Å². The summed E-state index contributed by atoms with van der Waals surface area (Å²) in [5, 5.41) is 2.59. The zero-order valence-corrected chi connectivity index (χ0v) is 36.5. The number of hydrogen-bond acceptors (Lipinski definition) is 3. The molecule has 0 saturated carbocycles. The standard InChI is InChI=1S/C60H46N4/c1-58(2)32-33-59(3,4)52-36-54-46(35-51(52)58)45-21-11-15-25-53(45)64(54)40-29-26-38(27-30-40)56-61-55(37-16-6-5-7-17-37)62-57(63-56)39-28-31-44-43-20-10-14-24-49(43)60(50(44)34-39)47-22-12-8-18-41(47)42-19-9-13-23-48(42)60/h5-31,34-36H,32-33H2,1-4H3. The maximum Gasteiger partial charge on any atom is 0.164 e. The molecular weight excluding hydrogens is 777 g/mol. The average molecular weight is 823 g/mol. The molecule has 10 aromatic rings. The highest BCUT2D eigenvalue weighted by atomic mass is 15.0. The quantitative estimate of drug-likeness (QED) is 0.178. The molecule has 1 spiro atoms. The summed E-state index contributed by atoms with van der Waals surface area (Å²) in [6, 6.07) is 66.6. The van der Waals surface area contributed by atoms with Crippen LogP contribution in [0.15, 0.2) is 182 Å². The molecule has 0 bridgehead atoms. The van der Waals surface area contributed by atoms with Crippen molar-refractivity contribution in [3.8, 4) is 62.1 Å². The van der Waals surface area contributed by atoms with Crippen molar-refractivity contribution in [2.24, 2.45) is 0 Å². The van der Waals surface area contributed by atoms with Gasteiger partial charge in [0.1, 0.15) is 0 Å². The minimum Gasteiger partial charge on any atom is -0.309 e. The fourth-order valence-corrected chi connectivity index (χ4v) is 11.7. The van der Waals surface area contributed by atoms with Crippen LogP contribution in [0, 0.1) is 0 Å². The van der Waals surface area contributed by atoms with Crippen molar-refractivity contribution in [3.05, 3.63) is 215 Å². The molecule has 0 aliphatic heterocycles. The molecule has 2 heterocycles. The summed E-state index contributed by atoms with van der Waals surface area (Å²) in [7, 11) is 0. The number of aromatic nitrogens is 4. The van der Waals surface area contributed by atoms with Gasteiger partial charge >= 0.3 is 0 Å². The van der Waals surface area contributed by atoms with Gasteiger partial charge in [0, 0.05) is 33.2 Å². The molecule has 0 saturated heterocycles. The topological polar surface area (TPSA) is 43.6 Å². The van der Waals surface area contributed by atoms with Crippen LogP contribution >= 0.6 is 0 Å². The lowest BCUT2D eigenvalue weighted by Crippen LogP contribution is -2.33. The highest BCUT2D eigenvalue weighted by molar-refractivity contribution is 6.10. The van der Waals surface area contributed by atoms with Gasteiger partial charge in [0.05, 0.1) is 16.4 Å². The third-order valence-electron chi connectivity index (χ3n) is 15.0. The van der Waals surface area contributed by atoms with E-state index in [9.17, 15) is 0 Å². The summed E-state index contributed by atoms with van der Waals surface area (Å²) in [6.07, 6.45) is 2.36. The van der Waals surface area contributed by atoms with E-state index in [4.69, 9.17) is 15.0 Å². The fraction of sp³-hybridized carbons (Fsp3) is 0.150. The number of fused-ring (bicyclic) bond motifs is 14. The Morgan fingerprint density at radius 3 is 1.44 bits per heavy atom. The molecule has 0 unspecified atom stereocenters. The predicted molar refractivity (Wildman–Crippen MR) is 262 cm³/mol. The Kier molecular flexibility index (Phi) is 7.72. The van der Waals surface area contributed by atoms with Gasteiger partial charge in [0.2, 0.25) is 0 Å². The normalized spacial score (nSPS) is 15.8. The van der Waals surface area contributed by atoms with Crippen LogP contribution in [0.3, 0.4) is 0 Å². The van der Waals surface area contributed by atoms with Crippen molar-refractivity contribution in [1.82, 2.24) is 19.5 Å². The monoisotopic (exact) mass is 822 g/mol. The first-order valence-corrected chi connectivity index (χ1v) is 22.7. The molecule has 3 aliphatic rings. The molecule has 0 fully saturated rings. The van der Waals surface area contributed by atoms with Gasteiger partial charge in [-0.25, -0.2) is 15.0 Å². The fourth-order valence-electron chi connectivity index (χ4n) is 11.7. The summed E-state index contributed by atoms with van der Waals surface area (Å²) in [4.78, 5) is 15.7. The molecule has 8 aromatic carbocycles. The SMILES string of the molecule is CC1(C)CCC(C)(C)c2cc3c(cc21)c1ccccc1n3-c1ccc(-c2nc(-c3ccccc3)nc(-c3ccc4c(c3)C3(c5ccccc5-c5ccccc53)c3ccccc3-4)n2)cc1. The van der Waals surface area contributed by atoms with Crippen LogP contribution < -0.4 is 0 Å². The average Bonchev–Trinajstić information content (AvgIpc) is 3.94. The predicted octanol–water partition coefficient (Wildman–Crippen LogP) is 14.7. The molecule has 64 heavy (non-hydrogen) atoms. The van der Waals surface area contributed by atoms with Crippen molar-refractivity contribution < 1.29 is 0 Å². The van der Waals surface area contributed by atoms with Gasteiger partial charge in [-0.05, 0) is 128 Å². The second-order valence-corrected chi connectivity index (χ2v) is 19.4. The Bertz CT molecular complexity index is 3490. The molecule has 3 aliphatic carbocycles. The Morgan fingerprint density at radius 2 is 0.828 bits per heavy atom. The Balaban J connectivity index is 0.974. The minimum absolute atomic E-state index is 0.104. The summed E-state index contributed by atoms with van der Waals surface area (Å²) in [5.74, 6) is 1.95. The number of para-hydroxylation sites is 1. The van der Waals surface area contributed by atoms with E-state index in [1.54, 1.807) is 0 Å². The highest BCUT2D eigenvalue weighted by Gasteiger charge is 2.51. The zero-order valence-electron chi connectivity index (χ0n) is 36.5. The Labute approximate surface area is 374 Å². The van der Waals surface area contributed by atoms with E-state index >= 15 is 0 Å². The number of benzene rings is 8. The molecule has 4 nitrogen and oxygen atoms in total. The Hall–Kier alpha value is -7.43. The third kappa shape index (κ3) is 5.14. The first-order chi connectivity index (χ1) is 31.2. The summed E-state index contributed by atoms with van der Waals surface area (Å²) in [6.45, 7) is 9.64. The second kappa shape index (κ2) is 13.3. The maximum atomic E-state index is 5.32. The van der Waals surface area contributed by atoms with Crippen molar-refractivity contribution in [2.75, 3.05) is 0 Å². The van der Waals surface area contributed by atoms with Gasteiger partial charge in [0.25, 0.3) is 0 Å². The lowest BCUT2D eigenvalue weighted by molar-refractivity contribution is 0.332. The van der Waals surface area contributed by atoms with Crippen LogP contribution in [0.25, 0.3) is 83.9 Å². The third-order valence-corrected chi connectivity index (χ3v) is 15.0. The first-order valence-electron chi connectivity index (χ1n) is 22.7. The van der Waals surface area contributed by atoms with Crippen molar-refractivity contribution in [1.29, 1.82) is 0 Å². The van der Waals surface area contributed by atoms with Crippen LogP contribution in [0.4, 0.5) is 0 Å². The zero-order chi connectivity index (χ0) is 43.0. The van der Waals surface area contributed by atoms with Crippen LogP contribution in [-0.2, 0) is 16.2 Å². The smallest absolute Gasteiger partial charge is 0.164 e.